The summed E-state index contributed by atoms with van der Waals surface area (Å²) in [6.07, 6.45) is 4.21. The van der Waals surface area contributed by atoms with Crippen LogP contribution in [0.1, 0.15) is 19.8 Å². The highest BCUT2D eigenvalue weighted by Crippen LogP contribution is 2.25. The molecule has 1 aromatic carbocycles. The van der Waals surface area contributed by atoms with Crippen LogP contribution in [0, 0.1) is 5.92 Å². The third kappa shape index (κ3) is 5.59. The Balaban J connectivity index is 1.61. The van der Waals surface area contributed by atoms with E-state index in [1.165, 1.54) is 29.7 Å². The minimum atomic E-state index is -3.73. The first-order valence-electron chi connectivity index (χ1n) is 9.96. The van der Waals surface area contributed by atoms with Crippen molar-refractivity contribution in [2.24, 2.45) is 5.92 Å². The number of nitrogens with zero attached hydrogens (tertiary/aromatic N) is 2. The summed E-state index contributed by atoms with van der Waals surface area (Å²) in [5.74, 6) is -0.688. The molecule has 2 N–H and O–H groups in total. The van der Waals surface area contributed by atoms with Crippen LogP contribution in [0.5, 0.6) is 5.75 Å². The van der Waals surface area contributed by atoms with Crippen LogP contribution < -0.4 is 15.4 Å². The molecule has 0 bridgehead atoms. The van der Waals surface area contributed by atoms with Gasteiger partial charge in [0.15, 0.2) is 0 Å². The number of sulfonamides is 1. The van der Waals surface area contributed by atoms with Crippen LogP contribution >= 0.6 is 0 Å². The molecular formula is C21H26N4O5S. The fourth-order valence-electron chi connectivity index (χ4n) is 3.36. The van der Waals surface area contributed by atoms with Gasteiger partial charge in [0.2, 0.25) is 21.8 Å². The average Bonchev–Trinajstić information content (AvgIpc) is 2.79. The first kappa shape index (κ1) is 22.7. The highest BCUT2D eigenvalue weighted by atomic mass is 32.2. The van der Waals surface area contributed by atoms with E-state index in [0.29, 0.717) is 30.8 Å². The van der Waals surface area contributed by atoms with Crippen LogP contribution in [0.3, 0.4) is 0 Å². The van der Waals surface area contributed by atoms with Crippen molar-refractivity contribution in [3.63, 3.8) is 0 Å². The molecule has 1 aliphatic rings. The van der Waals surface area contributed by atoms with Crippen molar-refractivity contribution in [1.82, 2.24) is 14.6 Å². The Labute approximate surface area is 181 Å². The fraction of sp³-hybridized carbons (Fsp3) is 0.381. The van der Waals surface area contributed by atoms with Gasteiger partial charge in [0.05, 0.1) is 29.8 Å². The van der Waals surface area contributed by atoms with E-state index in [0.717, 1.165) is 0 Å². The lowest BCUT2D eigenvalue weighted by molar-refractivity contribution is -0.129. The molecule has 2 amide bonds. The molecule has 10 heteroatoms. The first-order chi connectivity index (χ1) is 14.8. The second kappa shape index (κ2) is 9.88. The number of carbonyl (C=O) groups excluding carboxylic acids is 2. The number of rotatable bonds is 7. The van der Waals surface area contributed by atoms with E-state index in [9.17, 15) is 18.0 Å². The minimum Gasteiger partial charge on any atom is -0.497 e. The van der Waals surface area contributed by atoms with Gasteiger partial charge in [-0.25, -0.2) is 8.42 Å². The van der Waals surface area contributed by atoms with E-state index >= 15 is 0 Å². The van der Waals surface area contributed by atoms with Crippen molar-refractivity contribution in [2.75, 3.05) is 25.5 Å². The molecule has 9 nitrogen and oxygen atoms in total. The van der Waals surface area contributed by atoms with E-state index in [1.54, 1.807) is 37.4 Å². The number of anilines is 1. The first-order valence-corrected chi connectivity index (χ1v) is 11.4. The van der Waals surface area contributed by atoms with Gasteiger partial charge >= 0.3 is 0 Å². The number of hydrogen-bond acceptors (Lipinski definition) is 6. The summed E-state index contributed by atoms with van der Waals surface area (Å²) in [7, 11) is -2.22. The van der Waals surface area contributed by atoms with E-state index in [2.05, 4.69) is 15.6 Å². The fourth-order valence-corrected chi connectivity index (χ4v) is 4.88. The summed E-state index contributed by atoms with van der Waals surface area (Å²) in [6.45, 7) is 1.99. The zero-order valence-corrected chi connectivity index (χ0v) is 18.3. The number of ether oxygens (including phenoxy) is 1. The maximum Gasteiger partial charge on any atom is 0.246 e. The summed E-state index contributed by atoms with van der Waals surface area (Å²) in [6, 6.07) is 8.76. The molecule has 1 fully saturated rings. The topological polar surface area (TPSA) is 118 Å². The van der Waals surface area contributed by atoms with Crippen molar-refractivity contribution in [1.29, 1.82) is 0 Å². The van der Waals surface area contributed by atoms with Gasteiger partial charge in [0, 0.05) is 19.3 Å². The van der Waals surface area contributed by atoms with Crippen LogP contribution in [-0.4, -0.2) is 55.8 Å². The Morgan fingerprint density at radius 3 is 2.61 bits per heavy atom. The molecule has 31 heavy (non-hydrogen) atoms. The Morgan fingerprint density at radius 1 is 1.23 bits per heavy atom. The number of carbonyl (C=O) groups is 2. The third-order valence-electron chi connectivity index (χ3n) is 5.13. The lowest BCUT2D eigenvalue weighted by Crippen LogP contribution is -2.49. The molecule has 0 aliphatic carbocycles. The molecule has 2 atom stereocenters. The van der Waals surface area contributed by atoms with Crippen LogP contribution in [0.4, 0.5) is 5.69 Å². The van der Waals surface area contributed by atoms with Gasteiger partial charge in [-0.3, -0.25) is 14.6 Å². The minimum absolute atomic E-state index is 0.0666. The number of pyridine rings is 1. The molecule has 166 valence electrons. The van der Waals surface area contributed by atoms with E-state index < -0.39 is 22.0 Å². The van der Waals surface area contributed by atoms with Crippen molar-refractivity contribution in [2.45, 2.75) is 30.7 Å². The number of hydrogen-bond donors (Lipinski definition) is 2. The second-order valence-corrected chi connectivity index (χ2v) is 9.28. The maximum absolute atomic E-state index is 13.0. The molecule has 0 saturated carbocycles. The Hall–Kier alpha value is -2.98. The number of piperidine rings is 1. The van der Waals surface area contributed by atoms with Gasteiger partial charge < -0.3 is 15.4 Å². The Bertz CT molecular complexity index is 1010. The SMILES string of the molecule is COc1ccc(S(=O)(=O)N2CCC[C@H](C(=O)N[C@@H](C)C(=O)Nc3cccnc3)C2)cc1. The van der Waals surface area contributed by atoms with Crippen molar-refractivity contribution < 1.29 is 22.7 Å². The number of benzene rings is 1. The van der Waals surface area contributed by atoms with Crippen molar-refractivity contribution in [3.05, 3.63) is 48.8 Å². The predicted octanol–water partition coefficient (Wildman–Crippen LogP) is 1.63. The molecule has 3 rings (SSSR count). The molecule has 2 heterocycles. The Morgan fingerprint density at radius 2 is 1.97 bits per heavy atom. The highest BCUT2D eigenvalue weighted by molar-refractivity contribution is 7.89. The molecule has 1 aromatic heterocycles. The number of amides is 2. The lowest BCUT2D eigenvalue weighted by atomic mass is 9.98. The zero-order chi connectivity index (χ0) is 22.4. The summed E-state index contributed by atoms with van der Waals surface area (Å²) < 4.78 is 32.3. The highest BCUT2D eigenvalue weighted by Gasteiger charge is 2.34. The van der Waals surface area contributed by atoms with Crippen LogP contribution in [-0.2, 0) is 19.6 Å². The lowest BCUT2D eigenvalue weighted by Gasteiger charge is -2.31. The largest absolute Gasteiger partial charge is 0.497 e. The molecular weight excluding hydrogens is 420 g/mol. The van der Waals surface area contributed by atoms with Gasteiger partial charge in [-0.1, -0.05) is 0 Å². The second-order valence-electron chi connectivity index (χ2n) is 7.34. The summed E-state index contributed by atoms with van der Waals surface area (Å²) in [4.78, 5) is 29.1. The standard InChI is InChI=1S/C21H26N4O5S/c1-15(20(26)24-17-6-3-11-22-13-17)23-21(27)16-5-4-12-25(14-16)31(28,29)19-9-7-18(30-2)8-10-19/h3,6-11,13,15-16H,4-5,12,14H2,1-2H3,(H,23,27)(H,24,26)/t15-,16-/m0/s1. The average molecular weight is 447 g/mol. The maximum atomic E-state index is 13.0. The van der Waals surface area contributed by atoms with E-state index in [-0.39, 0.29) is 23.3 Å². The number of methoxy groups -OCH3 is 1. The van der Waals surface area contributed by atoms with Gasteiger partial charge in [0.1, 0.15) is 11.8 Å². The Kier molecular flexibility index (Phi) is 7.24. The summed E-state index contributed by atoms with van der Waals surface area (Å²) in [5, 5.41) is 5.37. The summed E-state index contributed by atoms with van der Waals surface area (Å²) in [5.41, 5.74) is 0.531. The molecule has 0 spiro atoms. The number of nitrogens with one attached hydrogen (secondary N) is 2. The van der Waals surface area contributed by atoms with Crippen LogP contribution in [0.2, 0.25) is 0 Å². The normalized spacial score (nSPS) is 18.1. The van der Waals surface area contributed by atoms with Gasteiger partial charge in [-0.2, -0.15) is 4.31 Å². The smallest absolute Gasteiger partial charge is 0.246 e. The quantitative estimate of drug-likeness (QED) is 0.668. The van der Waals surface area contributed by atoms with Crippen LogP contribution in [0.25, 0.3) is 0 Å². The van der Waals surface area contributed by atoms with Crippen molar-refractivity contribution in [3.8, 4) is 5.75 Å². The molecule has 0 unspecified atom stereocenters. The third-order valence-corrected chi connectivity index (χ3v) is 7.01. The van der Waals surface area contributed by atoms with Crippen molar-refractivity contribution >= 4 is 27.5 Å². The van der Waals surface area contributed by atoms with Gasteiger partial charge in [-0.15, -0.1) is 0 Å². The van der Waals surface area contributed by atoms with E-state index in [1.807, 2.05) is 0 Å². The van der Waals surface area contributed by atoms with Gasteiger partial charge in [0.25, 0.3) is 0 Å². The zero-order valence-electron chi connectivity index (χ0n) is 17.4. The van der Waals surface area contributed by atoms with Gasteiger partial charge in [-0.05, 0) is 56.2 Å². The molecule has 1 aliphatic heterocycles. The molecule has 2 aromatic rings. The predicted molar refractivity (Wildman–Crippen MR) is 115 cm³/mol. The van der Waals surface area contributed by atoms with E-state index in [4.69, 9.17) is 4.74 Å². The summed E-state index contributed by atoms with van der Waals surface area (Å²) >= 11 is 0. The number of aromatic nitrogens is 1. The monoisotopic (exact) mass is 446 g/mol. The molecule has 1 saturated heterocycles. The molecule has 0 radical (unpaired) electrons. The van der Waals surface area contributed by atoms with Crippen LogP contribution in [0.15, 0.2) is 53.7 Å².